The molecule has 0 atom stereocenters. The second-order valence-corrected chi connectivity index (χ2v) is 5.15. The molecule has 0 aliphatic heterocycles. The van der Waals surface area contributed by atoms with E-state index in [0.29, 0.717) is 10.6 Å². The number of aryl methyl sites for hydroxylation is 1. The van der Waals surface area contributed by atoms with E-state index in [1.807, 2.05) is 6.92 Å². The number of halogens is 2. The van der Waals surface area contributed by atoms with Crippen LogP contribution in [0.15, 0.2) is 12.1 Å². The molecule has 1 rings (SSSR count). The van der Waals surface area contributed by atoms with Crippen LogP contribution in [0.1, 0.15) is 31.9 Å². The van der Waals surface area contributed by atoms with Crippen LogP contribution in [-0.4, -0.2) is 13.1 Å². The molecule has 1 N–H and O–H groups in total. The molecule has 3 heteroatoms. The van der Waals surface area contributed by atoms with E-state index in [1.54, 1.807) is 19.1 Å². The summed E-state index contributed by atoms with van der Waals surface area (Å²) in [4.78, 5) is 0. The third-order valence-electron chi connectivity index (χ3n) is 2.79. The molecule has 0 aromatic heterocycles. The molecule has 0 radical (unpaired) electrons. The Morgan fingerprint density at radius 3 is 2.56 bits per heavy atom. The predicted molar refractivity (Wildman–Crippen MR) is 67.7 cm³/mol. The van der Waals surface area contributed by atoms with Crippen molar-refractivity contribution in [2.75, 3.05) is 13.1 Å². The van der Waals surface area contributed by atoms with Gasteiger partial charge in [0.05, 0.1) is 0 Å². The molecule has 0 saturated heterocycles. The molecular formula is C13H19ClFN. The number of rotatable bonds is 4. The minimum absolute atomic E-state index is 0.165. The summed E-state index contributed by atoms with van der Waals surface area (Å²) in [7, 11) is 0. The van der Waals surface area contributed by atoms with Gasteiger partial charge < -0.3 is 5.32 Å². The first-order chi connectivity index (χ1) is 7.38. The van der Waals surface area contributed by atoms with Crippen molar-refractivity contribution in [3.63, 3.8) is 0 Å². The van der Waals surface area contributed by atoms with Crippen molar-refractivity contribution in [1.29, 1.82) is 0 Å². The van der Waals surface area contributed by atoms with Crippen LogP contribution in [0.5, 0.6) is 0 Å². The minimum Gasteiger partial charge on any atom is -0.316 e. The molecule has 16 heavy (non-hydrogen) atoms. The summed E-state index contributed by atoms with van der Waals surface area (Å²) in [6.07, 6.45) is 0. The second-order valence-electron chi connectivity index (χ2n) is 4.75. The van der Waals surface area contributed by atoms with Gasteiger partial charge in [-0.3, -0.25) is 0 Å². The smallest absolute Gasteiger partial charge is 0.126 e. The van der Waals surface area contributed by atoms with Crippen LogP contribution in [0.2, 0.25) is 5.02 Å². The maximum atomic E-state index is 13.5. The quantitative estimate of drug-likeness (QED) is 0.851. The van der Waals surface area contributed by atoms with Crippen LogP contribution >= 0.6 is 11.6 Å². The van der Waals surface area contributed by atoms with Gasteiger partial charge in [-0.2, -0.15) is 0 Å². The summed E-state index contributed by atoms with van der Waals surface area (Å²) in [5.41, 5.74) is 1.29. The highest BCUT2D eigenvalue weighted by molar-refractivity contribution is 6.31. The average Bonchev–Trinajstić information content (AvgIpc) is 2.20. The molecule has 90 valence electrons. The summed E-state index contributed by atoms with van der Waals surface area (Å²) < 4.78 is 13.5. The van der Waals surface area contributed by atoms with Gasteiger partial charge >= 0.3 is 0 Å². The van der Waals surface area contributed by atoms with Crippen molar-refractivity contribution in [3.05, 3.63) is 34.1 Å². The van der Waals surface area contributed by atoms with Crippen molar-refractivity contribution in [1.82, 2.24) is 5.32 Å². The van der Waals surface area contributed by atoms with Crippen LogP contribution in [0, 0.1) is 12.7 Å². The lowest BCUT2D eigenvalue weighted by Crippen LogP contribution is -2.33. The Bertz CT molecular complexity index is 374. The molecule has 0 spiro atoms. The summed E-state index contributed by atoms with van der Waals surface area (Å²) in [6, 6.07) is 3.24. The molecule has 0 saturated carbocycles. The summed E-state index contributed by atoms with van der Waals surface area (Å²) >= 11 is 6.17. The molecule has 0 aliphatic rings. The number of hydrogen-bond acceptors (Lipinski definition) is 1. The maximum Gasteiger partial charge on any atom is 0.126 e. The van der Waals surface area contributed by atoms with Gasteiger partial charge in [-0.25, -0.2) is 4.39 Å². The molecule has 0 unspecified atom stereocenters. The van der Waals surface area contributed by atoms with E-state index in [1.165, 1.54) is 0 Å². The topological polar surface area (TPSA) is 12.0 Å². The summed E-state index contributed by atoms with van der Waals surface area (Å²) in [5, 5.41) is 3.91. The molecule has 0 heterocycles. The molecule has 1 aromatic carbocycles. The SMILES string of the molecule is CCNCC(C)(C)c1cc(F)c(C)cc1Cl. The summed E-state index contributed by atoms with van der Waals surface area (Å²) in [6.45, 7) is 9.58. The standard InChI is InChI=1S/C13H19ClFN/c1-5-16-8-13(3,4)10-7-12(15)9(2)6-11(10)14/h6-7,16H,5,8H2,1-4H3. The average molecular weight is 244 g/mol. The van der Waals surface area contributed by atoms with Gasteiger partial charge in [-0.1, -0.05) is 32.4 Å². The van der Waals surface area contributed by atoms with Gasteiger partial charge in [0.15, 0.2) is 0 Å². The second kappa shape index (κ2) is 5.15. The first-order valence-corrected chi connectivity index (χ1v) is 5.93. The number of nitrogens with one attached hydrogen (secondary N) is 1. The summed E-state index contributed by atoms with van der Waals surface area (Å²) in [5.74, 6) is -0.191. The van der Waals surface area contributed by atoms with Gasteiger partial charge in [0.2, 0.25) is 0 Å². The first kappa shape index (κ1) is 13.5. The molecule has 0 amide bonds. The Labute approximate surface area is 102 Å². The highest BCUT2D eigenvalue weighted by atomic mass is 35.5. The zero-order chi connectivity index (χ0) is 12.3. The number of benzene rings is 1. The van der Waals surface area contributed by atoms with Crippen molar-refractivity contribution < 1.29 is 4.39 Å². The maximum absolute atomic E-state index is 13.5. The van der Waals surface area contributed by atoms with Crippen LogP contribution in [0.4, 0.5) is 4.39 Å². The zero-order valence-corrected chi connectivity index (χ0v) is 11.1. The van der Waals surface area contributed by atoms with Gasteiger partial charge in [0, 0.05) is 17.0 Å². The van der Waals surface area contributed by atoms with E-state index in [2.05, 4.69) is 19.2 Å². The van der Waals surface area contributed by atoms with E-state index < -0.39 is 0 Å². The molecule has 0 aliphatic carbocycles. The first-order valence-electron chi connectivity index (χ1n) is 5.55. The fourth-order valence-electron chi connectivity index (χ4n) is 1.70. The molecule has 0 bridgehead atoms. The highest BCUT2D eigenvalue weighted by Crippen LogP contribution is 2.31. The van der Waals surface area contributed by atoms with Gasteiger partial charge in [-0.05, 0) is 36.7 Å². The minimum atomic E-state index is -0.191. The van der Waals surface area contributed by atoms with Gasteiger partial charge in [0.1, 0.15) is 5.82 Å². The number of hydrogen-bond donors (Lipinski definition) is 1. The van der Waals surface area contributed by atoms with Crippen LogP contribution in [0.25, 0.3) is 0 Å². The Balaban J connectivity index is 3.07. The molecule has 1 nitrogen and oxygen atoms in total. The van der Waals surface area contributed by atoms with Crippen molar-refractivity contribution in [2.24, 2.45) is 0 Å². The van der Waals surface area contributed by atoms with E-state index in [4.69, 9.17) is 11.6 Å². The Morgan fingerprint density at radius 2 is 2.00 bits per heavy atom. The normalized spacial score (nSPS) is 11.9. The van der Waals surface area contributed by atoms with Gasteiger partial charge in [0.25, 0.3) is 0 Å². The van der Waals surface area contributed by atoms with Crippen LogP contribution in [0.3, 0.4) is 0 Å². The largest absolute Gasteiger partial charge is 0.316 e. The van der Waals surface area contributed by atoms with Crippen molar-refractivity contribution in [3.8, 4) is 0 Å². The molecule has 0 fully saturated rings. The monoisotopic (exact) mass is 243 g/mol. The Hall–Kier alpha value is -0.600. The fourth-order valence-corrected chi connectivity index (χ4v) is 2.17. The number of likely N-dealkylation sites (N-methyl/N-ethyl adjacent to an activating group) is 1. The lowest BCUT2D eigenvalue weighted by Gasteiger charge is -2.27. The van der Waals surface area contributed by atoms with Crippen molar-refractivity contribution in [2.45, 2.75) is 33.1 Å². The lowest BCUT2D eigenvalue weighted by molar-refractivity contribution is 0.473. The van der Waals surface area contributed by atoms with E-state index >= 15 is 0 Å². The van der Waals surface area contributed by atoms with Crippen molar-refractivity contribution >= 4 is 11.6 Å². The third-order valence-corrected chi connectivity index (χ3v) is 3.11. The predicted octanol–water partition coefficient (Wildman–Crippen LogP) is 3.67. The third kappa shape index (κ3) is 2.96. The Morgan fingerprint density at radius 1 is 1.38 bits per heavy atom. The van der Waals surface area contributed by atoms with Gasteiger partial charge in [-0.15, -0.1) is 0 Å². The van der Waals surface area contributed by atoms with E-state index in [-0.39, 0.29) is 11.2 Å². The lowest BCUT2D eigenvalue weighted by atomic mass is 9.84. The molecular weight excluding hydrogens is 225 g/mol. The van der Waals surface area contributed by atoms with Crippen LogP contribution in [-0.2, 0) is 5.41 Å². The van der Waals surface area contributed by atoms with Crippen LogP contribution < -0.4 is 5.32 Å². The molecule has 1 aromatic rings. The fraction of sp³-hybridized carbons (Fsp3) is 0.538. The highest BCUT2D eigenvalue weighted by Gasteiger charge is 2.23. The van der Waals surface area contributed by atoms with E-state index in [0.717, 1.165) is 18.7 Å². The Kier molecular flexibility index (Phi) is 4.34. The zero-order valence-electron chi connectivity index (χ0n) is 10.3. The van der Waals surface area contributed by atoms with E-state index in [9.17, 15) is 4.39 Å².